The second kappa shape index (κ2) is 7.01. The number of benzene rings is 2. The Morgan fingerprint density at radius 3 is 2.65 bits per heavy atom. The number of hydrogen-bond acceptors (Lipinski definition) is 6. The van der Waals surface area contributed by atoms with Crippen molar-refractivity contribution in [1.29, 1.82) is 0 Å². The van der Waals surface area contributed by atoms with Crippen molar-refractivity contribution in [3.8, 4) is 5.75 Å². The highest BCUT2D eigenvalue weighted by Crippen LogP contribution is 2.26. The number of para-hydroxylation sites is 1. The second-order valence-corrected chi connectivity index (χ2v) is 7.13. The number of rotatable bonds is 4. The maximum Gasteiger partial charge on any atom is 0.337 e. The van der Waals surface area contributed by atoms with Crippen molar-refractivity contribution in [3.05, 3.63) is 65.2 Å². The molecule has 26 heavy (non-hydrogen) atoms. The van der Waals surface area contributed by atoms with Crippen LogP contribution in [0.25, 0.3) is 6.08 Å². The second-order valence-electron chi connectivity index (χ2n) is 5.45. The van der Waals surface area contributed by atoms with E-state index in [9.17, 15) is 18.0 Å². The summed E-state index contributed by atoms with van der Waals surface area (Å²) in [6.45, 7) is -0.0411. The van der Waals surface area contributed by atoms with E-state index in [2.05, 4.69) is 4.74 Å². The molecule has 8 heteroatoms. The van der Waals surface area contributed by atoms with E-state index in [1.807, 2.05) is 4.72 Å². The minimum atomic E-state index is -4.15. The van der Waals surface area contributed by atoms with E-state index in [0.29, 0.717) is 11.3 Å². The van der Waals surface area contributed by atoms with Gasteiger partial charge in [0.05, 0.1) is 23.1 Å². The molecule has 2 aromatic rings. The Labute approximate surface area is 150 Å². The Morgan fingerprint density at radius 1 is 1.12 bits per heavy atom. The van der Waals surface area contributed by atoms with Gasteiger partial charge in [-0.05, 0) is 30.3 Å². The van der Waals surface area contributed by atoms with Gasteiger partial charge in [-0.3, -0.25) is 4.79 Å². The van der Waals surface area contributed by atoms with Crippen molar-refractivity contribution in [2.45, 2.75) is 4.90 Å². The van der Waals surface area contributed by atoms with Crippen LogP contribution < -0.4 is 9.46 Å². The number of esters is 1. The van der Waals surface area contributed by atoms with E-state index >= 15 is 0 Å². The molecule has 0 atom stereocenters. The van der Waals surface area contributed by atoms with Crippen molar-refractivity contribution in [3.63, 3.8) is 0 Å². The monoisotopic (exact) mass is 373 g/mol. The topological polar surface area (TPSA) is 98.8 Å². The van der Waals surface area contributed by atoms with Crippen LogP contribution in [0.2, 0.25) is 0 Å². The Morgan fingerprint density at radius 2 is 1.88 bits per heavy atom. The first-order chi connectivity index (χ1) is 12.4. The van der Waals surface area contributed by atoms with Crippen molar-refractivity contribution in [2.75, 3.05) is 13.7 Å². The molecule has 0 bridgehead atoms. The fraction of sp³-hybridized carbons (Fsp3) is 0.111. The maximum atomic E-state index is 12.4. The molecule has 0 spiro atoms. The SMILES string of the molecule is COC(=O)c1cccc(S(=O)(=O)NC(=O)C2=Cc3ccccc3OC2)c1. The highest BCUT2D eigenvalue weighted by atomic mass is 32.2. The van der Waals surface area contributed by atoms with Gasteiger partial charge in [0.15, 0.2) is 0 Å². The molecule has 0 radical (unpaired) electrons. The summed E-state index contributed by atoms with van der Waals surface area (Å²) in [4.78, 5) is 23.7. The minimum Gasteiger partial charge on any atom is -0.488 e. The molecule has 0 fully saturated rings. The summed E-state index contributed by atoms with van der Waals surface area (Å²) in [6, 6.07) is 12.3. The average Bonchev–Trinajstić information content (AvgIpc) is 2.66. The van der Waals surface area contributed by atoms with Crippen LogP contribution in [-0.4, -0.2) is 34.0 Å². The molecule has 0 unspecified atom stereocenters. The molecule has 7 nitrogen and oxygen atoms in total. The number of ether oxygens (including phenoxy) is 2. The highest BCUT2D eigenvalue weighted by molar-refractivity contribution is 7.90. The summed E-state index contributed by atoms with van der Waals surface area (Å²) in [7, 11) is -2.96. The van der Waals surface area contributed by atoms with E-state index in [0.717, 1.165) is 6.07 Å². The molecule has 0 aliphatic carbocycles. The maximum absolute atomic E-state index is 12.4. The molecule has 0 saturated carbocycles. The first-order valence-corrected chi connectivity index (χ1v) is 9.07. The summed E-state index contributed by atoms with van der Waals surface area (Å²) >= 11 is 0. The van der Waals surface area contributed by atoms with Gasteiger partial charge in [-0.15, -0.1) is 0 Å². The average molecular weight is 373 g/mol. The first kappa shape index (κ1) is 17.7. The third-order valence-corrected chi connectivity index (χ3v) is 5.04. The lowest BCUT2D eigenvalue weighted by atomic mass is 10.1. The van der Waals surface area contributed by atoms with Crippen LogP contribution in [-0.2, 0) is 19.6 Å². The van der Waals surface area contributed by atoms with Crippen LogP contribution in [0.4, 0.5) is 0 Å². The number of amides is 1. The number of sulfonamides is 1. The van der Waals surface area contributed by atoms with Crippen LogP contribution in [0.3, 0.4) is 0 Å². The van der Waals surface area contributed by atoms with E-state index in [1.165, 1.54) is 25.3 Å². The summed E-state index contributed by atoms with van der Waals surface area (Å²) in [5, 5.41) is 0. The first-order valence-electron chi connectivity index (χ1n) is 7.58. The van der Waals surface area contributed by atoms with E-state index < -0.39 is 21.9 Å². The van der Waals surface area contributed by atoms with Gasteiger partial charge in [-0.2, -0.15) is 0 Å². The Bertz CT molecular complexity index is 1010. The number of nitrogens with one attached hydrogen (secondary N) is 1. The normalized spacial score (nSPS) is 13.0. The number of carbonyl (C=O) groups is 2. The van der Waals surface area contributed by atoms with Crippen LogP contribution >= 0.6 is 0 Å². The largest absolute Gasteiger partial charge is 0.488 e. The Hall–Kier alpha value is -3.13. The Balaban J connectivity index is 1.83. The van der Waals surface area contributed by atoms with Crippen molar-refractivity contribution in [2.24, 2.45) is 0 Å². The summed E-state index contributed by atoms with van der Waals surface area (Å²) < 4.78 is 36.9. The van der Waals surface area contributed by atoms with Crippen LogP contribution in [0, 0.1) is 0 Å². The van der Waals surface area contributed by atoms with Crippen molar-refractivity contribution < 1.29 is 27.5 Å². The molecule has 2 aromatic carbocycles. The van der Waals surface area contributed by atoms with Crippen LogP contribution in [0.15, 0.2) is 59.0 Å². The smallest absolute Gasteiger partial charge is 0.337 e. The lowest BCUT2D eigenvalue weighted by molar-refractivity contribution is -0.116. The molecule has 134 valence electrons. The standard InChI is InChI=1S/C18H15NO6S/c1-24-18(21)13-6-4-7-15(10-13)26(22,23)19-17(20)14-9-12-5-2-3-8-16(12)25-11-14/h2-10H,11H2,1H3,(H,19,20). The zero-order valence-corrected chi connectivity index (χ0v) is 14.6. The molecular weight excluding hydrogens is 358 g/mol. The number of hydrogen-bond donors (Lipinski definition) is 1. The molecule has 0 aromatic heterocycles. The van der Waals surface area contributed by atoms with Gasteiger partial charge in [0.1, 0.15) is 12.4 Å². The van der Waals surface area contributed by atoms with Gasteiger partial charge >= 0.3 is 5.97 Å². The van der Waals surface area contributed by atoms with Gasteiger partial charge in [-0.25, -0.2) is 17.9 Å². The van der Waals surface area contributed by atoms with Gasteiger partial charge in [-0.1, -0.05) is 24.3 Å². The predicted molar refractivity (Wildman–Crippen MR) is 93.0 cm³/mol. The van der Waals surface area contributed by atoms with E-state index in [-0.39, 0.29) is 22.6 Å². The fourth-order valence-electron chi connectivity index (χ4n) is 2.40. The fourth-order valence-corrected chi connectivity index (χ4v) is 3.43. The lowest BCUT2D eigenvalue weighted by Crippen LogP contribution is -2.34. The Kier molecular flexibility index (Phi) is 4.77. The zero-order chi connectivity index (χ0) is 18.7. The molecule has 1 N–H and O–H groups in total. The quantitative estimate of drug-likeness (QED) is 0.820. The number of fused-ring (bicyclic) bond motifs is 1. The molecule has 1 aliphatic heterocycles. The predicted octanol–water partition coefficient (Wildman–Crippen LogP) is 1.75. The molecular formula is C18H15NO6S. The lowest BCUT2D eigenvalue weighted by Gasteiger charge is -2.17. The molecule has 0 saturated heterocycles. The molecule has 1 aliphatic rings. The molecule has 3 rings (SSSR count). The number of carbonyl (C=O) groups excluding carboxylic acids is 2. The van der Waals surface area contributed by atoms with Crippen LogP contribution in [0.5, 0.6) is 5.75 Å². The summed E-state index contributed by atoms with van der Waals surface area (Å²) in [6.07, 6.45) is 1.58. The third kappa shape index (κ3) is 3.60. The van der Waals surface area contributed by atoms with Crippen molar-refractivity contribution in [1.82, 2.24) is 4.72 Å². The van der Waals surface area contributed by atoms with Gasteiger partial charge in [0.2, 0.25) is 0 Å². The summed E-state index contributed by atoms with van der Waals surface area (Å²) in [5.74, 6) is -0.839. The van der Waals surface area contributed by atoms with Crippen molar-refractivity contribution >= 4 is 28.0 Å². The molecule has 1 amide bonds. The third-order valence-electron chi connectivity index (χ3n) is 3.72. The van der Waals surface area contributed by atoms with E-state index in [1.54, 1.807) is 30.3 Å². The zero-order valence-electron chi connectivity index (χ0n) is 13.8. The highest BCUT2D eigenvalue weighted by Gasteiger charge is 2.23. The minimum absolute atomic E-state index is 0.0411. The van der Waals surface area contributed by atoms with E-state index in [4.69, 9.17) is 4.74 Å². The number of methoxy groups -OCH3 is 1. The van der Waals surface area contributed by atoms with Gasteiger partial charge < -0.3 is 9.47 Å². The van der Waals surface area contributed by atoms with Gasteiger partial charge in [0, 0.05) is 5.56 Å². The van der Waals surface area contributed by atoms with Crippen LogP contribution in [0.1, 0.15) is 15.9 Å². The van der Waals surface area contributed by atoms with Gasteiger partial charge in [0.25, 0.3) is 15.9 Å². The molecule has 1 heterocycles. The summed E-state index contributed by atoms with van der Waals surface area (Å²) in [5.41, 5.74) is 0.933.